The van der Waals surface area contributed by atoms with Crippen LogP contribution in [0.25, 0.3) is 0 Å². The van der Waals surface area contributed by atoms with Crippen molar-refractivity contribution in [1.29, 1.82) is 0 Å². The summed E-state index contributed by atoms with van der Waals surface area (Å²) in [6.07, 6.45) is 2.26. The van der Waals surface area contributed by atoms with Gasteiger partial charge in [0.05, 0.1) is 13.2 Å². The van der Waals surface area contributed by atoms with Crippen molar-refractivity contribution in [2.45, 2.75) is 25.6 Å². The molecule has 1 aromatic rings. The third kappa shape index (κ3) is 3.96. The first-order valence-electron chi connectivity index (χ1n) is 6.17. The van der Waals surface area contributed by atoms with Crippen molar-refractivity contribution >= 4 is 5.69 Å². The topological polar surface area (TPSA) is 39.7 Å². The number of rotatable bonds is 6. The summed E-state index contributed by atoms with van der Waals surface area (Å²) >= 11 is 0. The van der Waals surface area contributed by atoms with Gasteiger partial charge in [0.2, 0.25) is 0 Å². The van der Waals surface area contributed by atoms with E-state index in [1.54, 1.807) is 12.1 Å². The molecular formula is C13H17F2NO3. The molecule has 0 radical (unpaired) electrons. The predicted molar refractivity (Wildman–Crippen MR) is 67.1 cm³/mol. The van der Waals surface area contributed by atoms with E-state index in [4.69, 9.17) is 9.47 Å². The third-order valence-corrected chi connectivity index (χ3v) is 2.94. The van der Waals surface area contributed by atoms with Crippen LogP contribution in [0, 0.1) is 0 Å². The van der Waals surface area contributed by atoms with Gasteiger partial charge in [-0.15, -0.1) is 0 Å². The first-order chi connectivity index (χ1) is 9.19. The molecule has 106 valence electrons. The maximum Gasteiger partial charge on any atom is 0.387 e. The van der Waals surface area contributed by atoms with E-state index in [9.17, 15) is 8.78 Å². The van der Waals surface area contributed by atoms with Crippen LogP contribution in [0.1, 0.15) is 12.8 Å². The molecule has 1 aliphatic heterocycles. The van der Waals surface area contributed by atoms with Gasteiger partial charge in [-0.1, -0.05) is 0 Å². The second-order valence-electron chi connectivity index (χ2n) is 4.26. The Bertz CT molecular complexity index is 409. The molecule has 19 heavy (non-hydrogen) atoms. The van der Waals surface area contributed by atoms with Gasteiger partial charge in [-0.25, -0.2) is 0 Å². The van der Waals surface area contributed by atoms with E-state index in [1.807, 2.05) is 0 Å². The van der Waals surface area contributed by atoms with Gasteiger partial charge in [0, 0.05) is 24.9 Å². The minimum absolute atomic E-state index is 0.0230. The van der Waals surface area contributed by atoms with Gasteiger partial charge in [-0.3, -0.25) is 0 Å². The van der Waals surface area contributed by atoms with Crippen molar-refractivity contribution in [2.24, 2.45) is 0 Å². The Morgan fingerprint density at radius 1 is 1.42 bits per heavy atom. The molecule has 1 N–H and O–H groups in total. The Kier molecular flexibility index (Phi) is 4.79. The highest BCUT2D eigenvalue weighted by Crippen LogP contribution is 2.31. The van der Waals surface area contributed by atoms with Crippen LogP contribution in [-0.4, -0.2) is 33.0 Å². The molecule has 1 fully saturated rings. The van der Waals surface area contributed by atoms with Crippen molar-refractivity contribution in [3.8, 4) is 11.5 Å². The predicted octanol–water partition coefficient (Wildman–Crippen LogP) is 2.89. The third-order valence-electron chi connectivity index (χ3n) is 2.94. The highest BCUT2D eigenvalue weighted by molar-refractivity contribution is 5.54. The molecule has 1 heterocycles. The summed E-state index contributed by atoms with van der Waals surface area (Å²) in [5.74, 6) is 0.304. The van der Waals surface area contributed by atoms with Crippen molar-refractivity contribution in [3.63, 3.8) is 0 Å². The van der Waals surface area contributed by atoms with E-state index in [2.05, 4.69) is 10.1 Å². The first kappa shape index (κ1) is 13.9. The van der Waals surface area contributed by atoms with Gasteiger partial charge >= 0.3 is 6.61 Å². The highest BCUT2D eigenvalue weighted by Gasteiger charge is 2.16. The zero-order valence-electron chi connectivity index (χ0n) is 10.7. The second-order valence-corrected chi connectivity index (χ2v) is 4.26. The minimum Gasteiger partial charge on any atom is -0.493 e. The number of methoxy groups -OCH3 is 1. The number of ether oxygens (including phenoxy) is 3. The second kappa shape index (κ2) is 6.56. The molecule has 6 heteroatoms. The number of hydrogen-bond donors (Lipinski definition) is 1. The molecule has 4 nitrogen and oxygen atoms in total. The fourth-order valence-electron chi connectivity index (χ4n) is 2.01. The molecular weight excluding hydrogens is 256 g/mol. The van der Waals surface area contributed by atoms with Crippen LogP contribution in [0.3, 0.4) is 0 Å². The lowest BCUT2D eigenvalue weighted by molar-refractivity contribution is -0.0511. The number of nitrogens with one attached hydrogen (secondary N) is 1. The van der Waals surface area contributed by atoms with Crippen molar-refractivity contribution in [1.82, 2.24) is 0 Å². The molecule has 0 spiro atoms. The van der Waals surface area contributed by atoms with Gasteiger partial charge in [0.15, 0.2) is 11.5 Å². The molecule has 1 saturated heterocycles. The molecule has 0 amide bonds. The lowest BCUT2D eigenvalue weighted by Crippen LogP contribution is -2.18. The summed E-state index contributed by atoms with van der Waals surface area (Å²) < 4.78 is 39.4. The van der Waals surface area contributed by atoms with Crippen LogP contribution >= 0.6 is 0 Å². The van der Waals surface area contributed by atoms with Gasteiger partial charge in [0.25, 0.3) is 0 Å². The van der Waals surface area contributed by atoms with Gasteiger partial charge in [-0.2, -0.15) is 8.78 Å². The van der Waals surface area contributed by atoms with E-state index in [1.165, 1.54) is 13.2 Å². The van der Waals surface area contributed by atoms with E-state index in [-0.39, 0.29) is 17.6 Å². The molecule has 1 aromatic carbocycles. The zero-order valence-corrected chi connectivity index (χ0v) is 10.7. The van der Waals surface area contributed by atoms with Crippen molar-refractivity contribution < 1.29 is 23.0 Å². The minimum atomic E-state index is -2.87. The molecule has 1 unspecified atom stereocenters. The Morgan fingerprint density at radius 2 is 2.26 bits per heavy atom. The Balaban J connectivity index is 1.99. The molecule has 0 saturated carbocycles. The highest BCUT2D eigenvalue weighted by atomic mass is 19.3. The lowest BCUT2D eigenvalue weighted by atomic mass is 10.2. The molecule has 0 aliphatic carbocycles. The quantitative estimate of drug-likeness (QED) is 0.865. The summed E-state index contributed by atoms with van der Waals surface area (Å²) in [5.41, 5.74) is 0.701. The Labute approximate surface area is 110 Å². The number of alkyl halides is 2. The molecule has 1 atom stereocenters. The van der Waals surface area contributed by atoms with Gasteiger partial charge in [-0.05, 0) is 25.0 Å². The molecule has 2 rings (SSSR count). The zero-order chi connectivity index (χ0) is 13.7. The summed E-state index contributed by atoms with van der Waals surface area (Å²) in [7, 11) is 1.41. The summed E-state index contributed by atoms with van der Waals surface area (Å²) in [6, 6.07) is 4.85. The van der Waals surface area contributed by atoms with E-state index in [0.29, 0.717) is 12.2 Å². The molecule has 0 bridgehead atoms. The Morgan fingerprint density at radius 3 is 2.89 bits per heavy atom. The summed E-state index contributed by atoms with van der Waals surface area (Å²) in [4.78, 5) is 0. The van der Waals surface area contributed by atoms with E-state index < -0.39 is 6.61 Å². The van der Waals surface area contributed by atoms with Crippen molar-refractivity contribution in [2.75, 3.05) is 25.6 Å². The lowest BCUT2D eigenvalue weighted by Gasteiger charge is -2.14. The van der Waals surface area contributed by atoms with Crippen LogP contribution < -0.4 is 14.8 Å². The average molecular weight is 273 g/mol. The fourth-order valence-corrected chi connectivity index (χ4v) is 2.01. The summed E-state index contributed by atoms with van der Waals surface area (Å²) in [6.45, 7) is -1.43. The Hall–Kier alpha value is -1.56. The summed E-state index contributed by atoms with van der Waals surface area (Å²) in [5, 5.41) is 3.15. The normalized spacial score (nSPS) is 18.6. The van der Waals surface area contributed by atoms with Gasteiger partial charge < -0.3 is 19.5 Å². The average Bonchev–Trinajstić information content (AvgIpc) is 2.89. The molecule has 0 aromatic heterocycles. The van der Waals surface area contributed by atoms with E-state index >= 15 is 0 Å². The standard InChI is InChI=1S/C13H17F2NO3/c1-17-11-5-4-9(7-12(11)19-13(14)15)16-8-10-3-2-6-18-10/h4-5,7,10,13,16H,2-3,6,8H2,1H3. The number of anilines is 1. The van der Waals surface area contributed by atoms with Crippen LogP contribution in [0.15, 0.2) is 18.2 Å². The largest absolute Gasteiger partial charge is 0.493 e. The van der Waals surface area contributed by atoms with E-state index in [0.717, 1.165) is 19.4 Å². The van der Waals surface area contributed by atoms with Crippen LogP contribution in [0.5, 0.6) is 11.5 Å². The maximum absolute atomic E-state index is 12.3. The maximum atomic E-state index is 12.3. The van der Waals surface area contributed by atoms with Crippen molar-refractivity contribution in [3.05, 3.63) is 18.2 Å². The SMILES string of the molecule is COc1ccc(NCC2CCCO2)cc1OC(F)F. The van der Waals surface area contributed by atoms with Crippen LogP contribution in [0.4, 0.5) is 14.5 Å². The van der Waals surface area contributed by atoms with Gasteiger partial charge in [0.1, 0.15) is 0 Å². The van der Waals surface area contributed by atoms with Crippen LogP contribution in [-0.2, 0) is 4.74 Å². The fraction of sp³-hybridized carbons (Fsp3) is 0.538. The number of halogens is 2. The number of benzene rings is 1. The smallest absolute Gasteiger partial charge is 0.387 e. The monoisotopic (exact) mass is 273 g/mol. The molecule has 1 aliphatic rings. The van der Waals surface area contributed by atoms with Crippen LogP contribution in [0.2, 0.25) is 0 Å². The first-order valence-corrected chi connectivity index (χ1v) is 6.17. The number of hydrogen-bond acceptors (Lipinski definition) is 4.